The second-order valence-electron chi connectivity index (χ2n) is 6.12. The minimum atomic E-state index is -3.66. The maximum Gasteiger partial charge on any atom is 0.271 e. The molecule has 2 aromatic heterocycles. The number of hydrogen-bond donors (Lipinski definition) is 1. The third-order valence-electron chi connectivity index (χ3n) is 3.09. The second-order valence-corrected chi connectivity index (χ2v) is 9.74. The molecule has 0 amide bonds. The van der Waals surface area contributed by atoms with Gasteiger partial charge in [-0.3, -0.25) is 4.72 Å². The van der Waals surface area contributed by atoms with Crippen molar-refractivity contribution in [3.05, 3.63) is 40.6 Å². The Morgan fingerprint density at radius 3 is 2.57 bits per heavy atom. The highest BCUT2D eigenvalue weighted by molar-refractivity contribution is 7.94. The molecule has 23 heavy (non-hydrogen) atoms. The summed E-state index contributed by atoms with van der Waals surface area (Å²) >= 11 is 6.80. The van der Waals surface area contributed by atoms with Gasteiger partial charge in [0.05, 0.1) is 10.0 Å². The first kappa shape index (κ1) is 16.3. The Bertz CT molecular complexity index is 968. The summed E-state index contributed by atoms with van der Waals surface area (Å²) in [5, 5.41) is 0. The summed E-state index contributed by atoms with van der Waals surface area (Å²) in [6.07, 6.45) is 0. The SMILES string of the molecule is CC(C)(C)c1nc2cc(NS(=O)(=O)c3ccc(Cl)s3)ccc2o1. The number of fused-ring (bicyclic) bond motifs is 1. The lowest BCUT2D eigenvalue weighted by molar-refractivity contribution is 0.411. The van der Waals surface area contributed by atoms with E-state index in [1.165, 1.54) is 6.07 Å². The van der Waals surface area contributed by atoms with E-state index in [0.29, 0.717) is 27.0 Å². The number of rotatable bonds is 3. The summed E-state index contributed by atoms with van der Waals surface area (Å²) in [6.45, 7) is 6.01. The van der Waals surface area contributed by atoms with Crippen molar-refractivity contribution in [2.24, 2.45) is 0 Å². The fraction of sp³-hybridized carbons (Fsp3) is 0.267. The normalized spacial score (nSPS) is 12.7. The highest BCUT2D eigenvalue weighted by atomic mass is 35.5. The van der Waals surface area contributed by atoms with Crippen LogP contribution in [0, 0.1) is 0 Å². The van der Waals surface area contributed by atoms with E-state index in [0.717, 1.165) is 11.3 Å². The van der Waals surface area contributed by atoms with Gasteiger partial charge in [0, 0.05) is 5.41 Å². The van der Waals surface area contributed by atoms with E-state index in [1.54, 1.807) is 24.3 Å². The molecule has 1 N–H and O–H groups in total. The summed E-state index contributed by atoms with van der Waals surface area (Å²) < 4.78 is 33.4. The van der Waals surface area contributed by atoms with Gasteiger partial charge >= 0.3 is 0 Å². The minimum absolute atomic E-state index is 0.165. The third-order valence-corrected chi connectivity index (χ3v) is 6.20. The molecule has 8 heteroatoms. The van der Waals surface area contributed by atoms with E-state index in [1.807, 2.05) is 20.8 Å². The molecule has 3 rings (SSSR count). The number of oxazole rings is 1. The van der Waals surface area contributed by atoms with E-state index in [-0.39, 0.29) is 9.62 Å². The number of benzene rings is 1. The molecule has 0 aliphatic rings. The second kappa shape index (κ2) is 5.51. The number of hydrogen-bond acceptors (Lipinski definition) is 5. The van der Waals surface area contributed by atoms with Crippen LogP contribution in [-0.2, 0) is 15.4 Å². The first-order chi connectivity index (χ1) is 10.6. The fourth-order valence-electron chi connectivity index (χ4n) is 1.96. The number of anilines is 1. The van der Waals surface area contributed by atoms with Gasteiger partial charge < -0.3 is 4.42 Å². The molecule has 0 aliphatic heterocycles. The summed E-state index contributed by atoms with van der Waals surface area (Å²) in [4.78, 5) is 4.43. The van der Waals surface area contributed by atoms with Crippen LogP contribution in [0.25, 0.3) is 11.1 Å². The van der Waals surface area contributed by atoms with E-state index in [9.17, 15) is 8.42 Å². The molecule has 1 aromatic carbocycles. The van der Waals surface area contributed by atoms with Crippen molar-refractivity contribution >= 4 is 49.7 Å². The zero-order chi connectivity index (χ0) is 16.8. The molecule has 122 valence electrons. The van der Waals surface area contributed by atoms with Gasteiger partial charge in [0.1, 0.15) is 9.73 Å². The standard InChI is InChI=1S/C15H15ClN2O3S2/c1-15(2,3)14-17-10-8-9(4-5-11(10)21-14)18-23(19,20)13-7-6-12(16)22-13/h4-8,18H,1-3H3. The first-order valence-corrected chi connectivity index (χ1v) is 9.52. The zero-order valence-corrected chi connectivity index (χ0v) is 15.1. The lowest BCUT2D eigenvalue weighted by Crippen LogP contribution is -2.11. The van der Waals surface area contributed by atoms with Gasteiger partial charge in [0.15, 0.2) is 5.58 Å². The van der Waals surface area contributed by atoms with Crippen LogP contribution in [0.3, 0.4) is 0 Å². The van der Waals surface area contributed by atoms with Crippen LogP contribution < -0.4 is 4.72 Å². The summed E-state index contributed by atoms with van der Waals surface area (Å²) in [5.74, 6) is 0.609. The molecule has 0 atom stereocenters. The predicted molar refractivity (Wildman–Crippen MR) is 92.8 cm³/mol. The summed E-state index contributed by atoms with van der Waals surface area (Å²) in [7, 11) is -3.66. The Labute approximate surface area is 143 Å². The maximum atomic E-state index is 12.3. The fourth-order valence-corrected chi connectivity index (χ4v) is 4.49. The number of aromatic nitrogens is 1. The van der Waals surface area contributed by atoms with Gasteiger partial charge in [-0.25, -0.2) is 13.4 Å². The Hall–Kier alpha value is -1.57. The monoisotopic (exact) mass is 370 g/mol. The van der Waals surface area contributed by atoms with Crippen LogP contribution in [0.4, 0.5) is 5.69 Å². The average Bonchev–Trinajstić information content (AvgIpc) is 3.03. The number of nitrogens with zero attached hydrogens (tertiary/aromatic N) is 1. The highest BCUT2D eigenvalue weighted by Gasteiger charge is 2.22. The molecule has 0 aliphatic carbocycles. The number of halogens is 1. The molecule has 0 radical (unpaired) electrons. The molecule has 0 fully saturated rings. The molecular formula is C15H15ClN2O3S2. The predicted octanol–water partition coefficient (Wildman–Crippen LogP) is 4.64. The quantitative estimate of drug-likeness (QED) is 0.728. The van der Waals surface area contributed by atoms with Gasteiger partial charge in [-0.2, -0.15) is 0 Å². The Kier molecular flexibility index (Phi) is 3.90. The van der Waals surface area contributed by atoms with Crippen LogP contribution in [0.2, 0.25) is 4.34 Å². The molecule has 0 unspecified atom stereocenters. The smallest absolute Gasteiger partial charge is 0.271 e. The van der Waals surface area contributed by atoms with E-state index < -0.39 is 10.0 Å². The van der Waals surface area contributed by atoms with E-state index >= 15 is 0 Å². The van der Waals surface area contributed by atoms with Crippen molar-refractivity contribution in [2.45, 2.75) is 30.4 Å². The highest BCUT2D eigenvalue weighted by Crippen LogP contribution is 2.30. The van der Waals surface area contributed by atoms with Gasteiger partial charge in [-0.05, 0) is 30.3 Å². The number of sulfonamides is 1. The van der Waals surface area contributed by atoms with Gasteiger partial charge in [-0.15, -0.1) is 11.3 Å². The van der Waals surface area contributed by atoms with E-state index in [2.05, 4.69) is 9.71 Å². The van der Waals surface area contributed by atoms with Crippen LogP contribution in [0.1, 0.15) is 26.7 Å². The molecule has 5 nitrogen and oxygen atoms in total. The summed E-state index contributed by atoms with van der Waals surface area (Å²) in [5.41, 5.74) is 1.44. The van der Waals surface area contributed by atoms with Crippen molar-refractivity contribution in [3.8, 4) is 0 Å². The largest absolute Gasteiger partial charge is 0.440 e. The first-order valence-electron chi connectivity index (χ1n) is 6.84. The minimum Gasteiger partial charge on any atom is -0.440 e. The maximum absolute atomic E-state index is 12.3. The van der Waals surface area contributed by atoms with Crippen molar-refractivity contribution < 1.29 is 12.8 Å². The molecule has 0 spiro atoms. The third kappa shape index (κ3) is 3.36. The summed E-state index contributed by atoms with van der Waals surface area (Å²) in [6, 6.07) is 8.03. The van der Waals surface area contributed by atoms with Crippen molar-refractivity contribution in [3.63, 3.8) is 0 Å². The van der Waals surface area contributed by atoms with Crippen molar-refractivity contribution in [1.29, 1.82) is 0 Å². The lowest BCUT2D eigenvalue weighted by Gasteiger charge is -2.11. The van der Waals surface area contributed by atoms with Crippen LogP contribution >= 0.6 is 22.9 Å². The van der Waals surface area contributed by atoms with Crippen LogP contribution in [0.5, 0.6) is 0 Å². The van der Waals surface area contributed by atoms with Crippen LogP contribution in [0.15, 0.2) is 39.0 Å². The zero-order valence-electron chi connectivity index (χ0n) is 12.8. The molecular weight excluding hydrogens is 356 g/mol. The van der Waals surface area contributed by atoms with Crippen LogP contribution in [-0.4, -0.2) is 13.4 Å². The Morgan fingerprint density at radius 2 is 1.96 bits per heavy atom. The Balaban J connectivity index is 1.95. The molecule has 0 bridgehead atoms. The number of nitrogens with one attached hydrogen (secondary N) is 1. The van der Waals surface area contributed by atoms with Gasteiger partial charge in [-0.1, -0.05) is 32.4 Å². The molecule has 0 saturated heterocycles. The molecule has 0 saturated carbocycles. The van der Waals surface area contributed by atoms with Crippen molar-refractivity contribution in [2.75, 3.05) is 4.72 Å². The lowest BCUT2D eigenvalue weighted by atomic mass is 9.97. The van der Waals surface area contributed by atoms with E-state index in [4.69, 9.17) is 16.0 Å². The topological polar surface area (TPSA) is 72.2 Å². The van der Waals surface area contributed by atoms with Gasteiger partial charge in [0.2, 0.25) is 5.89 Å². The Morgan fingerprint density at radius 1 is 1.22 bits per heavy atom. The van der Waals surface area contributed by atoms with Crippen molar-refractivity contribution in [1.82, 2.24) is 4.98 Å². The average molecular weight is 371 g/mol. The number of thiophene rings is 1. The molecule has 2 heterocycles. The van der Waals surface area contributed by atoms with Gasteiger partial charge in [0.25, 0.3) is 10.0 Å². The molecule has 3 aromatic rings.